The van der Waals surface area contributed by atoms with Crippen LogP contribution in [0.15, 0.2) is 48.5 Å². The lowest BCUT2D eigenvalue weighted by molar-refractivity contribution is 0.0122. The third-order valence-corrected chi connectivity index (χ3v) is 10.8. The van der Waals surface area contributed by atoms with E-state index in [1.807, 2.05) is 62.1 Å². The largest absolute Gasteiger partial charge is 0.461 e. The number of rotatable bonds is 5. The van der Waals surface area contributed by atoms with Crippen LogP contribution in [-0.4, -0.2) is 88.0 Å². The Labute approximate surface area is 284 Å². The molecular weight excluding hydrogens is 636 g/mol. The SMILES string of the molecule is CC(C)(C)OC(=O)N1[C@@H]2CC[C@H]1CN(c1nc(OC[C@@]34CCCN3C[C@H](F)C4)nc3c(F)c(-c4cccc5cccc(Cl)c45)ccc13)C2. The number of hydrogen-bond acceptors (Lipinski definition) is 7. The quantitative estimate of drug-likeness (QED) is 0.214. The van der Waals surface area contributed by atoms with E-state index in [4.69, 9.17) is 26.1 Å². The monoisotopic (exact) mass is 675 g/mol. The van der Waals surface area contributed by atoms with Crippen LogP contribution in [0.4, 0.5) is 19.4 Å². The molecular formula is C37H40ClF2N5O3. The van der Waals surface area contributed by atoms with Crippen LogP contribution in [-0.2, 0) is 4.74 Å². The highest BCUT2D eigenvalue weighted by atomic mass is 35.5. The number of carbonyl (C=O) groups excluding carboxylic acids is 1. The molecule has 2 bridgehead atoms. The summed E-state index contributed by atoms with van der Waals surface area (Å²) in [5.41, 5.74) is 0.195. The van der Waals surface area contributed by atoms with Crippen molar-refractivity contribution in [3.8, 4) is 17.1 Å². The van der Waals surface area contributed by atoms with Gasteiger partial charge in [0.25, 0.3) is 0 Å². The van der Waals surface area contributed by atoms with Crippen LogP contribution < -0.4 is 9.64 Å². The molecule has 5 heterocycles. The van der Waals surface area contributed by atoms with Gasteiger partial charge in [0.05, 0.1) is 17.6 Å². The van der Waals surface area contributed by atoms with Crippen molar-refractivity contribution in [1.29, 1.82) is 0 Å². The molecule has 11 heteroatoms. The Morgan fingerprint density at radius 3 is 2.52 bits per heavy atom. The zero-order valence-electron chi connectivity index (χ0n) is 27.5. The van der Waals surface area contributed by atoms with Gasteiger partial charge in [-0.25, -0.2) is 13.6 Å². The summed E-state index contributed by atoms with van der Waals surface area (Å²) in [6.45, 7) is 8.13. The van der Waals surface area contributed by atoms with Crippen LogP contribution >= 0.6 is 11.6 Å². The third kappa shape index (κ3) is 5.41. The molecule has 0 saturated carbocycles. The summed E-state index contributed by atoms with van der Waals surface area (Å²) < 4.78 is 43.5. The standard InChI is InChI=1S/C37H40ClF2N5O3/c1-36(2,3)48-35(46)45-24-11-12-25(45)20-43(19-24)33-28-14-13-27(26-9-4-7-22-8-5-10-29(38)30(22)26)31(40)32(28)41-34(42-33)47-21-37-15-6-16-44(37)18-23(39)17-37/h4-5,7-10,13-14,23-25H,6,11-12,15-21H2,1-3H3/t23-,24-,25+,37+/m1/s1. The number of piperazine rings is 1. The van der Waals surface area contributed by atoms with Crippen molar-refractivity contribution in [2.45, 2.75) is 82.3 Å². The fourth-order valence-electron chi connectivity index (χ4n) is 8.50. The average molecular weight is 676 g/mol. The Morgan fingerprint density at radius 1 is 1.02 bits per heavy atom. The van der Waals surface area contributed by atoms with Gasteiger partial charge < -0.3 is 14.4 Å². The lowest BCUT2D eigenvalue weighted by atomic mass is 9.95. The average Bonchev–Trinajstić information content (AvgIpc) is 3.66. The summed E-state index contributed by atoms with van der Waals surface area (Å²) in [5.74, 6) is 0.0711. The van der Waals surface area contributed by atoms with Crippen molar-refractivity contribution < 1.29 is 23.0 Å². The Bertz CT molecular complexity index is 1900. The van der Waals surface area contributed by atoms with Crippen LogP contribution in [0.2, 0.25) is 5.02 Å². The van der Waals surface area contributed by atoms with Crippen molar-refractivity contribution in [2.75, 3.05) is 37.7 Å². The fourth-order valence-corrected chi connectivity index (χ4v) is 8.78. The molecule has 0 unspecified atom stereocenters. The molecule has 4 atom stereocenters. The summed E-state index contributed by atoms with van der Waals surface area (Å²) >= 11 is 6.65. The minimum atomic E-state index is -0.897. The van der Waals surface area contributed by atoms with Crippen LogP contribution in [0.25, 0.3) is 32.8 Å². The molecule has 8 rings (SSSR count). The molecule has 0 aliphatic carbocycles. The number of nitrogens with zero attached hydrogens (tertiary/aromatic N) is 5. The van der Waals surface area contributed by atoms with E-state index in [1.54, 1.807) is 12.1 Å². The van der Waals surface area contributed by atoms with Crippen LogP contribution in [0.5, 0.6) is 6.01 Å². The van der Waals surface area contributed by atoms with E-state index in [2.05, 4.69) is 14.8 Å². The Hall–Kier alpha value is -3.76. The van der Waals surface area contributed by atoms with Crippen molar-refractivity contribution in [2.24, 2.45) is 0 Å². The maximum Gasteiger partial charge on any atom is 0.410 e. The molecule has 0 N–H and O–H groups in total. The van der Waals surface area contributed by atoms with Gasteiger partial charge in [0.1, 0.15) is 29.7 Å². The first kappa shape index (κ1) is 31.5. The highest BCUT2D eigenvalue weighted by Gasteiger charge is 2.50. The molecule has 3 aromatic carbocycles. The third-order valence-electron chi connectivity index (χ3n) is 10.5. The highest BCUT2D eigenvalue weighted by molar-refractivity contribution is 6.36. The molecule has 4 fully saturated rings. The Kier molecular flexibility index (Phi) is 7.67. The number of halogens is 3. The normalized spacial score (nSPS) is 25.7. The summed E-state index contributed by atoms with van der Waals surface area (Å²) in [5, 5.41) is 2.78. The van der Waals surface area contributed by atoms with Crippen LogP contribution in [0, 0.1) is 5.82 Å². The number of anilines is 1. The number of hydrogen-bond donors (Lipinski definition) is 0. The zero-order chi connectivity index (χ0) is 33.4. The van der Waals surface area contributed by atoms with Gasteiger partial charge in [-0.2, -0.15) is 9.97 Å². The molecule has 8 nitrogen and oxygen atoms in total. The first-order chi connectivity index (χ1) is 23.0. The van der Waals surface area contributed by atoms with Crippen LogP contribution in [0.1, 0.15) is 52.9 Å². The molecule has 1 amide bonds. The van der Waals surface area contributed by atoms with E-state index in [-0.39, 0.29) is 36.3 Å². The van der Waals surface area contributed by atoms with Gasteiger partial charge in [-0.05, 0) is 76.1 Å². The van der Waals surface area contributed by atoms with Crippen LogP contribution in [0.3, 0.4) is 0 Å². The van der Waals surface area contributed by atoms with E-state index in [0.29, 0.717) is 53.4 Å². The first-order valence-electron chi connectivity index (χ1n) is 17.0. The van der Waals surface area contributed by atoms with E-state index >= 15 is 4.39 Å². The number of fused-ring (bicyclic) bond motifs is 5. The fraction of sp³-hybridized carbons (Fsp3) is 0.486. The molecule has 4 aliphatic heterocycles. The lowest BCUT2D eigenvalue weighted by Gasteiger charge is -2.42. The molecule has 4 aromatic rings. The smallest absolute Gasteiger partial charge is 0.410 e. The summed E-state index contributed by atoms with van der Waals surface area (Å²) in [4.78, 5) is 29.0. The zero-order valence-corrected chi connectivity index (χ0v) is 28.3. The van der Waals surface area contributed by atoms with Crippen molar-refractivity contribution in [1.82, 2.24) is 19.8 Å². The van der Waals surface area contributed by atoms with E-state index in [9.17, 15) is 9.18 Å². The second-order valence-electron chi connectivity index (χ2n) is 14.8. The molecule has 4 aliphatic rings. The number of amides is 1. The predicted molar refractivity (Wildman–Crippen MR) is 183 cm³/mol. The number of benzene rings is 3. The van der Waals surface area contributed by atoms with Crippen molar-refractivity contribution in [3.63, 3.8) is 0 Å². The number of ether oxygens (including phenoxy) is 2. The molecule has 0 radical (unpaired) electrons. The maximum atomic E-state index is 16.9. The minimum Gasteiger partial charge on any atom is -0.461 e. The summed E-state index contributed by atoms with van der Waals surface area (Å²) in [7, 11) is 0. The second kappa shape index (κ2) is 11.7. The maximum absolute atomic E-state index is 16.9. The minimum absolute atomic E-state index is 0.0648. The predicted octanol–water partition coefficient (Wildman–Crippen LogP) is 7.79. The van der Waals surface area contributed by atoms with Crippen molar-refractivity contribution >= 4 is 45.2 Å². The molecule has 252 valence electrons. The highest BCUT2D eigenvalue weighted by Crippen LogP contribution is 2.43. The van der Waals surface area contributed by atoms with Gasteiger partial charge >= 0.3 is 12.1 Å². The number of alkyl halides is 1. The topological polar surface area (TPSA) is 71.0 Å². The molecule has 0 spiro atoms. The summed E-state index contributed by atoms with van der Waals surface area (Å²) in [6, 6.07) is 14.9. The Balaban J connectivity index is 1.20. The van der Waals surface area contributed by atoms with E-state index in [0.717, 1.165) is 43.0 Å². The number of carbonyl (C=O) groups is 1. The van der Waals surface area contributed by atoms with E-state index < -0.39 is 23.1 Å². The van der Waals surface area contributed by atoms with Gasteiger partial charge in [-0.3, -0.25) is 9.80 Å². The van der Waals surface area contributed by atoms with E-state index in [1.165, 1.54) is 0 Å². The first-order valence-corrected chi connectivity index (χ1v) is 17.3. The van der Waals surface area contributed by atoms with Gasteiger partial charge in [-0.15, -0.1) is 0 Å². The molecule has 48 heavy (non-hydrogen) atoms. The van der Waals surface area contributed by atoms with Gasteiger partial charge in [0.2, 0.25) is 0 Å². The Morgan fingerprint density at radius 2 is 1.77 bits per heavy atom. The van der Waals surface area contributed by atoms with Crippen molar-refractivity contribution in [3.05, 3.63) is 59.4 Å². The second-order valence-corrected chi connectivity index (χ2v) is 15.2. The number of aromatic nitrogens is 2. The molecule has 1 aromatic heterocycles. The van der Waals surface area contributed by atoms with Gasteiger partial charge in [-0.1, -0.05) is 48.0 Å². The van der Waals surface area contributed by atoms with Gasteiger partial charge in [0, 0.05) is 47.4 Å². The lowest BCUT2D eigenvalue weighted by Crippen LogP contribution is -2.57. The van der Waals surface area contributed by atoms with Gasteiger partial charge in [0.15, 0.2) is 5.82 Å². The summed E-state index contributed by atoms with van der Waals surface area (Å²) in [6.07, 6.45) is 2.71. The molecule has 4 saturated heterocycles.